The molecule has 7 nitrogen and oxygen atoms in total. The second-order valence-corrected chi connectivity index (χ2v) is 7.61. The van der Waals surface area contributed by atoms with E-state index in [2.05, 4.69) is 15.6 Å². The summed E-state index contributed by atoms with van der Waals surface area (Å²) < 4.78 is 14.8. The zero-order valence-electron chi connectivity index (χ0n) is 15.4. The average molecular weight is 406 g/mol. The van der Waals surface area contributed by atoms with Crippen LogP contribution in [0.4, 0.5) is 10.1 Å². The maximum atomic E-state index is 13.2. The van der Waals surface area contributed by atoms with Crippen LogP contribution in [0, 0.1) is 5.82 Å². The summed E-state index contributed by atoms with van der Waals surface area (Å²) in [7, 11) is 0. The Hall–Kier alpha value is -2.39. The van der Waals surface area contributed by atoms with Crippen molar-refractivity contribution in [1.29, 1.82) is 0 Å². The minimum absolute atomic E-state index is 0.0419. The van der Waals surface area contributed by atoms with Crippen LogP contribution in [0.1, 0.15) is 31.4 Å². The van der Waals surface area contributed by atoms with Gasteiger partial charge in [-0.1, -0.05) is 30.7 Å². The number of carbonyl (C=O) groups is 2. The van der Waals surface area contributed by atoms with Crippen molar-refractivity contribution >= 4 is 29.3 Å². The Morgan fingerprint density at radius 3 is 2.79 bits per heavy atom. The molecule has 2 aromatic rings. The molecule has 1 heterocycles. The van der Waals surface area contributed by atoms with E-state index in [0.29, 0.717) is 16.5 Å². The first kappa shape index (κ1) is 20.3. The van der Waals surface area contributed by atoms with E-state index < -0.39 is 5.82 Å². The fourth-order valence-corrected chi connectivity index (χ4v) is 3.98. The lowest BCUT2D eigenvalue weighted by molar-refractivity contribution is -0.122. The number of rotatable bonds is 8. The lowest BCUT2D eigenvalue weighted by Crippen LogP contribution is -2.35. The number of anilines is 1. The fourth-order valence-electron chi connectivity index (χ4n) is 3.18. The van der Waals surface area contributed by atoms with Crippen molar-refractivity contribution in [2.75, 3.05) is 11.1 Å². The van der Waals surface area contributed by atoms with Crippen LogP contribution < -0.4 is 10.6 Å². The van der Waals surface area contributed by atoms with Gasteiger partial charge in [0.25, 0.3) is 0 Å². The molecule has 0 radical (unpaired) electrons. The molecule has 1 aromatic carbocycles. The molecule has 0 spiro atoms. The summed E-state index contributed by atoms with van der Waals surface area (Å²) >= 11 is 1.15. The normalized spacial score (nSPS) is 14.2. The molecule has 28 heavy (non-hydrogen) atoms. The molecular weight excluding hydrogens is 383 g/mol. The van der Waals surface area contributed by atoms with E-state index in [1.165, 1.54) is 24.4 Å². The highest BCUT2D eigenvalue weighted by molar-refractivity contribution is 7.99. The van der Waals surface area contributed by atoms with Crippen molar-refractivity contribution in [2.45, 2.75) is 50.0 Å². The van der Waals surface area contributed by atoms with E-state index >= 15 is 0 Å². The van der Waals surface area contributed by atoms with Gasteiger partial charge in [0, 0.05) is 11.7 Å². The highest BCUT2D eigenvalue weighted by atomic mass is 32.2. The number of benzene rings is 1. The number of nitrogens with one attached hydrogen (secondary N) is 2. The topological polar surface area (TPSA) is 96.2 Å². The minimum Gasteiger partial charge on any atom is -0.390 e. The first-order valence-electron chi connectivity index (χ1n) is 9.18. The molecule has 1 aliphatic carbocycles. The predicted octanol–water partition coefficient (Wildman–Crippen LogP) is 2.30. The third kappa shape index (κ3) is 5.56. The van der Waals surface area contributed by atoms with Crippen LogP contribution in [0.25, 0.3) is 0 Å². The van der Waals surface area contributed by atoms with E-state index in [0.717, 1.165) is 37.4 Å². The molecule has 9 heteroatoms. The molecule has 3 rings (SSSR count). The summed E-state index contributed by atoms with van der Waals surface area (Å²) in [4.78, 5) is 28.7. The van der Waals surface area contributed by atoms with E-state index in [9.17, 15) is 19.1 Å². The molecule has 0 atom stereocenters. The number of hydrogen-bond donors (Lipinski definition) is 3. The maximum absolute atomic E-state index is 13.2. The highest BCUT2D eigenvalue weighted by Gasteiger charge is 2.19. The Kier molecular flexibility index (Phi) is 7.05. The third-order valence-electron chi connectivity index (χ3n) is 4.53. The number of halogens is 1. The average Bonchev–Trinajstić information content (AvgIpc) is 3.30. The molecule has 1 aromatic heterocycles. The van der Waals surface area contributed by atoms with Gasteiger partial charge in [-0.2, -0.15) is 0 Å². The standard InChI is InChI=1S/C19H23FN4O3S/c20-13-4-3-7-15(8-13)23-18(27)12-28-19-21-9-16(11-25)24(19)10-17(26)22-14-5-1-2-6-14/h3-4,7-9,14,25H,1-2,5-6,10-12H2,(H,22,26)(H,23,27). The maximum Gasteiger partial charge on any atom is 0.240 e. The Balaban J connectivity index is 1.58. The van der Waals surface area contributed by atoms with Gasteiger partial charge in [-0.05, 0) is 31.0 Å². The van der Waals surface area contributed by atoms with Gasteiger partial charge >= 0.3 is 0 Å². The van der Waals surface area contributed by atoms with Crippen LogP contribution in [0.15, 0.2) is 35.6 Å². The number of imidazole rings is 1. The molecule has 0 saturated heterocycles. The van der Waals surface area contributed by atoms with E-state index in [-0.39, 0.29) is 36.8 Å². The molecular formula is C19H23FN4O3S. The van der Waals surface area contributed by atoms with Crippen molar-refractivity contribution in [3.63, 3.8) is 0 Å². The highest BCUT2D eigenvalue weighted by Crippen LogP contribution is 2.21. The van der Waals surface area contributed by atoms with Gasteiger partial charge in [-0.15, -0.1) is 0 Å². The summed E-state index contributed by atoms with van der Waals surface area (Å²) in [6.07, 6.45) is 5.73. The summed E-state index contributed by atoms with van der Waals surface area (Å²) in [5, 5.41) is 15.6. The Bertz CT molecular complexity index is 836. The Morgan fingerprint density at radius 1 is 1.29 bits per heavy atom. The molecule has 0 bridgehead atoms. The van der Waals surface area contributed by atoms with Crippen molar-refractivity contribution in [1.82, 2.24) is 14.9 Å². The first-order valence-corrected chi connectivity index (χ1v) is 10.2. The number of amides is 2. The van der Waals surface area contributed by atoms with E-state index in [4.69, 9.17) is 0 Å². The fraction of sp³-hybridized carbons (Fsp3) is 0.421. The quantitative estimate of drug-likeness (QED) is 0.585. The zero-order chi connectivity index (χ0) is 19.9. The lowest BCUT2D eigenvalue weighted by atomic mass is 10.2. The van der Waals surface area contributed by atoms with Crippen molar-refractivity contribution in [2.24, 2.45) is 0 Å². The van der Waals surface area contributed by atoms with Crippen molar-refractivity contribution in [3.05, 3.63) is 42.0 Å². The van der Waals surface area contributed by atoms with Crippen LogP contribution in [0.3, 0.4) is 0 Å². The number of aliphatic hydroxyl groups is 1. The molecule has 150 valence electrons. The zero-order valence-corrected chi connectivity index (χ0v) is 16.2. The smallest absolute Gasteiger partial charge is 0.240 e. The number of thioether (sulfide) groups is 1. The third-order valence-corrected chi connectivity index (χ3v) is 5.52. The minimum atomic E-state index is -0.429. The van der Waals surface area contributed by atoms with Crippen LogP contribution in [0.5, 0.6) is 0 Å². The van der Waals surface area contributed by atoms with Crippen molar-refractivity contribution in [3.8, 4) is 0 Å². The summed E-state index contributed by atoms with van der Waals surface area (Å²) in [6, 6.07) is 5.86. The lowest BCUT2D eigenvalue weighted by Gasteiger charge is -2.14. The second kappa shape index (κ2) is 9.70. The molecule has 3 N–H and O–H groups in total. The molecule has 1 aliphatic rings. The number of carbonyl (C=O) groups excluding carboxylic acids is 2. The molecule has 0 unspecified atom stereocenters. The van der Waals surface area contributed by atoms with Gasteiger partial charge in [0.05, 0.1) is 24.3 Å². The van der Waals surface area contributed by atoms with Gasteiger partial charge in [-0.3, -0.25) is 9.59 Å². The van der Waals surface area contributed by atoms with Gasteiger partial charge in [-0.25, -0.2) is 9.37 Å². The van der Waals surface area contributed by atoms with Crippen LogP contribution in [0.2, 0.25) is 0 Å². The summed E-state index contributed by atoms with van der Waals surface area (Å²) in [5.41, 5.74) is 0.885. The molecule has 2 amide bonds. The first-order chi connectivity index (χ1) is 13.5. The SMILES string of the molecule is O=C(CSc1ncc(CO)n1CC(=O)NC1CCCC1)Nc1cccc(F)c1. The van der Waals surface area contributed by atoms with E-state index in [1.54, 1.807) is 10.6 Å². The number of aromatic nitrogens is 2. The van der Waals surface area contributed by atoms with Crippen LogP contribution in [-0.4, -0.2) is 38.3 Å². The van der Waals surface area contributed by atoms with Crippen molar-refractivity contribution < 1.29 is 19.1 Å². The summed E-state index contributed by atoms with van der Waals surface area (Å²) in [6.45, 7) is -0.208. The number of nitrogens with zero attached hydrogens (tertiary/aromatic N) is 2. The van der Waals surface area contributed by atoms with E-state index in [1.807, 2.05) is 0 Å². The second-order valence-electron chi connectivity index (χ2n) is 6.67. The van der Waals surface area contributed by atoms with Gasteiger partial charge in [0.15, 0.2) is 5.16 Å². The van der Waals surface area contributed by atoms with Gasteiger partial charge in [0.2, 0.25) is 11.8 Å². The largest absolute Gasteiger partial charge is 0.390 e. The monoisotopic (exact) mass is 406 g/mol. The molecule has 1 fully saturated rings. The molecule has 0 aliphatic heterocycles. The Morgan fingerprint density at radius 2 is 2.07 bits per heavy atom. The van der Waals surface area contributed by atoms with Crippen LogP contribution in [-0.2, 0) is 22.7 Å². The predicted molar refractivity (Wildman–Crippen MR) is 104 cm³/mol. The Labute approximate surface area is 166 Å². The van der Waals surface area contributed by atoms with Gasteiger partial charge < -0.3 is 20.3 Å². The van der Waals surface area contributed by atoms with Crippen LogP contribution >= 0.6 is 11.8 Å². The number of aliphatic hydroxyl groups excluding tert-OH is 1. The van der Waals surface area contributed by atoms with Gasteiger partial charge in [0.1, 0.15) is 12.4 Å². The number of hydrogen-bond acceptors (Lipinski definition) is 5. The summed E-state index contributed by atoms with van der Waals surface area (Å²) in [5.74, 6) is -0.832. The molecule has 1 saturated carbocycles.